The van der Waals surface area contributed by atoms with Gasteiger partial charge in [-0.2, -0.15) is 0 Å². The van der Waals surface area contributed by atoms with E-state index in [4.69, 9.17) is 9.26 Å². The third-order valence-corrected chi connectivity index (χ3v) is 4.12. The molecule has 6 heteroatoms. The van der Waals surface area contributed by atoms with E-state index in [2.05, 4.69) is 10.5 Å². The van der Waals surface area contributed by atoms with Gasteiger partial charge in [0, 0.05) is 17.9 Å². The van der Waals surface area contributed by atoms with E-state index in [0.29, 0.717) is 35.8 Å². The number of hydrogen-bond donors (Lipinski definition) is 1. The Labute approximate surface area is 126 Å². The van der Waals surface area contributed by atoms with Crippen LogP contribution in [0.3, 0.4) is 0 Å². The average molecular weight is 302 g/mol. The normalized spacial score (nSPS) is 20.1. The SMILES string of the molecule is O=C(NC1CCOc2ccc(F)cc21)c1conc1C1CC1. The first-order chi connectivity index (χ1) is 10.7. The molecule has 1 atom stereocenters. The number of nitrogens with zero attached hydrogens (tertiary/aromatic N) is 1. The van der Waals surface area contributed by atoms with E-state index in [1.165, 1.54) is 18.4 Å². The van der Waals surface area contributed by atoms with Crippen LogP contribution in [-0.4, -0.2) is 17.7 Å². The van der Waals surface area contributed by atoms with Gasteiger partial charge in [0.1, 0.15) is 23.4 Å². The van der Waals surface area contributed by atoms with Gasteiger partial charge >= 0.3 is 0 Å². The number of nitrogens with one attached hydrogen (secondary N) is 1. The maximum Gasteiger partial charge on any atom is 0.257 e. The quantitative estimate of drug-likeness (QED) is 0.946. The van der Waals surface area contributed by atoms with Gasteiger partial charge in [0.15, 0.2) is 0 Å². The van der Waals surface area contributed by atoms with Crippen LogP contribution in [0.1, 0.15) is 52.8 Å². The van der Waals surface area contributed by atoms with Crippen LogP contribution in [-0.2, 0) is 0 Å². The largest absolute Gasteiger partial charge is 0.493 e. The minimum atomic E-state index is -0.341. The summed E-state index contributed by atoms with van der Waals surface area (Å²) in [6.45, 7) is 0.489. The summed E-state index contributed by atoms with van der Waals surface area (Å²) >= 11 is 0. The molecule has 1 aromatic carbocycles. The average Bonchev–Trinajstić information content (AvgIpc) is 3.24. The van der Waals surface area contributed by atoms with Crippen molar-refractivity contribution in [2.75, 3.05) is 6.61 Å². The van der Waals surface area contributed by atoms with Crippen LogP contribution in [0.5, 0.6) is 5.75 Å². The van der Waals surface area contributed by atoms with E-state index in [1.807, 2.05) is 0 Å². The molecule has 2 heterocycles. The first kappa shape index (κ1) is 13.3. The summed E-state index contributed by atoms with van der Waals surface area (Å²) in [5.74, 6) is 0.377. The van der Waals surface area contributed by atoms with Crippen molar-refractivity contribution in [3.63, 3.8) is 0 Å². The Morgan fingerprint density at radius 3 is 3.00 bits per heavy atom. The third kappa shape index (κ3) is 2.34. The first-order valence-corrected chi connectivity index (χ1v) is 7.40. The molecule has 1 N–H and O–H groups in total. The van der Waals surface area contributed by atoms with E-state index in [9.17, 15) is 9.18 Å². The number of carbonyl (C=O) groups excluding carboxylic acids is 1. The summed E-state index contributed by atoms with van der Waals surface area (Å²) in [5.41, 5.74) is 1.87. The number of carbonyl (C=O) groups is 1. The smallest absolute Gasteiger partial charge is 0.257 e. The fourth-order valence-electron chi connectivity index (χ4n) is 2.82. The molecule has 0 spiro atoms. The van der Waals surface area contributed by atoms with Crippen LogP contribution in [0.2, 0.25) is 0 Å². The fourth-order valence-corrected chi connectivity index (χ4v) is 2.82. The van der Waals surface area contributed by atoms with Gasteiger partial charge in [-0.3, -0.25) is 4.79 Å². The Hall–Kier alpha value is -2.37. The van der Waals surface area contributed by atoms with Gasteiger partial charge in [-0.05, 0) is 31.0 Å². The van der Waals surface area contributed by atoms with Crippen LogP contribution in [0, 0.1) is 5.82 Å². The molecule has 114 valence electrons. The zero-order valence-corrected chi connectivity index (χ0v) is 11.8. The standard InChI is InChI=1S/C16H15FN2O3/c17-10-3-4-14-11(7-10)13(5-6-21-14)18-16(20)12-8-22-19-15(12)9-1-2-9/h3-4,7-9,13H,1-2,5-6H2,(H,18,20). The number of ether oxygens (including phenoxy) is 1. The molecule has 22 heavy (non-hydrogen) atoms. The predicted molar refractivity (Wildman–Crippen MR) is 75.2 cm³/mol. The van der Waals surface area contributed by atoms with Crippen LogP contribution in [0.4, 0.5) is 4.39 Å². The molecule has 4 rings (SSSR count). The monoisotopic (exact) mass is 302 g/mol. The minimum Gasteiger partial charge on any atom is -0.493 e. The van der Waals surface area contributed by atoms with E-state index in [-0.39, 0.29) is 17.8 Å². The molecule has 0 radical (unpaired) electrons. The summed E-state index contributed by atoms with van der Waals surface area (Å²) < 4.78 is 23.9. The fraction of sp³-hybridized carbons (Fsp3) is 0.375. The molecule has 1 saturated carbocycles. The maximum atomic E-state index is 13.5. The minimum absolute atomic E-state index is 0.231. The summed E-state index contributed by atoms with van der Waals surface area (Å²) in [4.78, 5) is 12.5. The van der Waals surface area contributed by atoms with Crippen LogP contribution in [0.15, 0.2) is 29.0 Å². The van der Waals surface area contributed by atoms with E-state index >= 15 is 0 Å². The van der Waals surface area contributed by atoms with Crippen molar-refractivity contribution in [3.05, 3.63) is 47.1 Å². The highest BCUT2D eigenvalue weighted by atomic mass is 19.1. The number of amides is 1. The van der Waals surface area contributed by atoms with Crippen molar-refractivity contribution in [2.24, 2.45) is 0 Å². The molecule has 1 unspecified atom stereocenters. The molecule has 1 aliphatic heterocycles. The highest BCUT2D eigenvalue weighted by Gasteiger charge is 2.33. The van der Waals surface area contributed by atoms with E-state index < -0.39 is 0 Å². The first-order valence-electron chi connectivity index (χ1n) is 7.40. The molecule has 0 bridgehead atoms. The molecule has 5 nitrogen and oxygen atoms in total. The number of halogens is 1. The molecule has 1 aromatic heterocycles. The molecule has 0 saturated heterocycles. The molecule has 2 aromatic rings. The van der Waals surface area contributed by atoms with Gasteiger partial charge in [-0.25, -0.2) is 4.39 Å². The van der Waals surface area contributed by atoms with Crippen LogP contribution < -0.4 is 10.1 Å². The van der Waals surface area contributed by atoms with Crippen LogP contribution in [0.25, 0.3) is 0 Å². The van der Waals surface area contributed by atoms with Gasteiger partial charge in [-0.15, -0.1) is 0 Å². The predicted octanol–water partition coefficient (Wildman–Crippen LogP) is 2.94. The topological polar surface area (TPSA) is 64.4 Å². The molecule has 1 fully saturated rings. The van der Waals surface area contributed by atoms with Crippen molar-refractivity contribution in [2.45, 2.75) is 31.2 Å². The van der Waals surface area contributed by atoms with Crippen LogP contribution >= 0.6 is 0 Å². The second kappa shape index (κ2) is 5.12. The zero-order valence-electron chi connectivity index (χ0n) is 11.8. The number of rotatable bonds is 3. The second-order valence-corrected chi connectivity index (χ2v) is 5.73. The van der Waals surface area contributed by atoms with Gasteiger partial charge in [-0.1, -0.05) is 5.16 Å². The Morgan fingerprint density at radius 1 is 1.32 bits per heavy atom. The van der Waals surface area contributed by atoms with Crippen molar-refractivity contribution < 1.29 is 18.4 Å². The molecule has 2 aliphatic rings. The van der Waals surface area contributed by atoms with E-state index in [1.54, 1.807) is 6.07 Å². The third-order valence-electron chi connectivity index (χ3n) is 4.12. The Balaban J connectivity index is 1.58. The number of aromatic nitrogens is 1. The van der Waals surface area contributed by atoms with Gasteiger partial charge in [0.05, 0.1) is 18.3 Å². The molecule has 1 aliphatic carbocycles. The lowest BCUT2D eigenvalue weighted by atomic mass is 10.00. The van der Waals surface area contributed by atoms with Crippen molar-refractivity contribution >= 4 is 5.91 Å². The van der Waals surface area contributed by atoms with Crippen molar-refractivity contribution in [3.8, 4) is 5.75 Å². The summed E-state index contributed by atoms with van der Waals surface area (Å²) in [6, 6.07) is 4.09. The van der Waals surface area contributed by atoms with Gasteiger partial charge < -0.3 is 14.6 Å². The Bertz CT molecular complexity index is 724. The number of hydrogen-bond acceptors (Lipinski definition) is 4. The van der Waals surface area contributed by atoms with E-state index in [0.717, 1.165) is 18.5 Å². The highest BCUT2D eigenvalue weighted by Crippen LogP contribution is 2.41. The van der Waals surface area contributed by atoms with Crippen molar-refractivity contribution in [1.29, 1.82) is 0 Å². The zero-order chi connectivity index (χ0) is 15.1. The molecule has 1 amide bonds. The second-order valence-electron chi connectivity index (χ2n) is 5.73. The Morgan fingerprint density at radius 2 is 2.18 bits per heavy atom. The van der Waals surface area contributed by atoms with Gasteiger partial charge in [0.2, 0.25) is 0 Å². The summed E-state index contributed by atoms with van der Waals surface area (Å²) in [6.07, 6.45) is 4.07. The number of fused-ring (bicyclic) bond motifs is 1. The van der Waals surface area contributed by atoms with Crippen molar-refractivity contribution in [1.82, 2.24) is 10.5 Å². The molecular weight excluding hydrogens is 287 g/mol. The lowest BCUT2D eigenvalue weighted by molar-refractivity contribution is 0.0923. The lowest BCUT2D eigenvalue weighted by Crippen LogP contribution is -2.32. The number of benzene rings is 1. The summed E-state index contributed by atoms with van der Waals surface area (Å²) in [7, 11) is 0. The molecular formula is C16H15FN2O3. The Kier molecular flexibility index (Phi) is 3.10. The maximum absolute atomic E-state index is 13.5. The summed E-state index contributed by atoms with van der Waals surface area (Å²) in [5, 5.41) is 6.87. The highest BCUT2D eigenvalue weighted by molar-refractivity contribution is 5.95. The van der Waals surface area contributed by atoms with Gasteiger partial charge in [0.25, 0.3) is 5.91 Å². The lowest BCUT2D eigenvalue weighted by Gasteiger charge is -2.26.